The van der Waals surface area contributed by atoms with Crippen LogP contribution in [-0.2, 0) is 17.4 Å². The van der Waals surface area contributed by atoms with Gasteiger partial charge in [-0.15, -0.1) is 0 Å². The number of hydrogen-bond acceptors (Lipinski definition) is 3. The van der Waals surface area contributed by atoms with Gasteiger partial charge in [0.2, 0.25) is 0 Å². The standard InChI is InChI=1S/C25H36O3/c1-9-24(4,5)19-11-12-21(20(15-19)25(6,7)10-2)28-23-13-17(3)22(27-8)14-18(23)16-26/h11-15,26H,9-10,16H2,1-8H3. The van der Waals surface area contributed by atoms with Gasteiger partial charge in [-0.3, -0.25) is 0 Å². The van der Waals surface area contributed by atoms with E-state index in [0.717, 1.165) is 35.5 Å². The second-order valence-electron chi connectivity index (χ2n) is 8.88. The van der Waals surface area contributed by atoms with E-state index in [1.54, 1.807) is 7.11 Å². The van der Waals surface area contributed by atoms with Crippen LogP contribution in [0.4, 0.5) is 0 Å². The molecular weight excluding hydrogens is 348 g/mol. The summed E-state index contributed by atoms with van der Waals surface area (Å²) < 4.78 is 11.8. The highest BCUT2D eigenvalue weighted by atomic mass is 16.5. The minimum atomic E-state index is -0.0978. The highest BCUT2D eigenvalue weighted by molar-refractivity contribution is 5.50. The van der Waals surface area contributed by atoms with Gasteiger partial charge in [0.25, 0.3) is 0 Å². The van der Waals surface area contributed by atoms with Gasteiger partial charge in [-0.25, -0.2) is 0 Å². The van der Waals surface area contributed by atoms with Crippen molar-refractivity contribution in [1.29, 1.82) is 0 Å². The number of aliphatic hydroxyl groups is 1. The van der Waals surface area contributed by atoms with Crippen molar-refractivity contribution >= 4 is 0 Å². The molecule has 0 fully saturated rings. The van der Waals surface area contributed by atoms with Crippen LogP contribution < -0.4 is 9.47 Å². The lowest BCUT2D eigenvalue weighted by Crippen LogP contribution is -2.20. The zero-order valence-corrected chi connectivity index (χ0v) is 18.8. The highest BCUT2D eigenvalue weighted by Crippen LogP contribution is 2.41. The van der Waals surface area contributed by atoms with Crippen LogP contribution in [0.3, 0.4) is 0 Å². The Balaban J connectivity index is 2.58. The van der Waals surface area contributed by atoms with Crippen molar-refractivity contribution in [2.45, 2.75) is 78.7 Å². The van der Waals surface area contributed by atoms with Crippen molar-refractivity contribution in [3.63, 3.8) is 0 Å². The quantitative estimate of drug-likeness (QED) is 0.553. The van der Waals surface area contributed by atoms with Crippen LogP contribution in [0.25, 0.3) is 0 Å². The second-order valence-corrected chi connectivity index (χ2v) is 8.88. The maximum Gasteiger partial charge on any atom is 0.133 e. The monoisotopic (exact) mass is 384 g/mol. The lowest BCUT2D eigenvalue weighted by Gasteiger charge is -2.30. The average molecular weight is 385 g/mol. The Morgan fingerprint density at radius 3 is 2.04 bits per heavy atom. The Kier molecular flexibility index (Phi) is 6.82. The Bertz CT molecular complexity index is 819. The number of ether oxygens (including phenoxy) is 2. The molecule has 0 aromatic heterocycles. The van der Waals surface area contributed by atoms with Gasteiger partial charge in [-0.1, -0.05) is 53.7 Å². The van der Waals surface area contributed by atoms with Crippen LogP contribution in [0.2, 0.25) is 0 Å². The Hall–Kier alpha value is -2.00. The molecule has 154 valence electrons. The summed E-state index contributed by atoms with van der Waals surface area (Å²) in [6.45, 7) is 15.4. The van der Waals surface area contributed by atoms with Crippen molar-refractivity contribution in [3.8, 4) is 17.2 Å². The molecule has 0 unspecified atom stereocenters. The fourth-order valence-corrected chi connectivity index (χ4v) is 3.22. The molecule has 2 aromatic carbocycles. The number of aryl methyl sites for hydroxylation is 1. The van der Waals surface area contributed by atoms with Crippen molar-refractivity contribution < 1.29 is 14.6 Å². The molecule has 0 atom stereocenters. The molecule has 0 heterocycles. The third kappa shape index (κ3) is 4.52. The van der Waals surface area contributed by atoms with Crippen LogP contribution in [-0.4, -0.2) is 12.2 Å². The van der Waals surface area contributed by atoms with E-state index in [2.05, 4.69) is 59.7 Å². The Labute approximate surface area is 170 Å². The highest BCUT2D eigenvalue weighted by Gasteiger charge is 2.27. The molecular formula is C25H36O3. The third-order valence-electron chi connectivity index (χ3n) is 6.23. The topological polar surface area (TPSA) is 38.7 Å². The molecule has 0 aliphatic rings. The molecule has 0 amide bonds. The van der Waals surface area contributed by atoms with E-state index in [4.69, 9.17) is 9.47 Å². The average Bonchev–Trinajstić information content (AvgIpc) is 2.68. The smallest absolute Gasteiger partial charge is 0.133 e. The van der Waals surface area contributed by atoms with Gasteiger partial charge in [0.1, 0.15) is 17.2 Å². The fraction of sp³-hybridized carbons (Fsp3) is 0.520. The van der Waals surface area contributed by atoms with Gasteiger partial charge in [0, 0.05) is 11.1 Å². The maximum atomic E-state index is 9.83. The zero-order valence-electron chi connectivity index (χ0n) is 18.8. The molecule has 3 nitrogen and oxygen atoms in total. The molecule has 1 N–H and O–H groups in total. The van der Waals surface area contributed by atoms with Crippen LogP contribution in [0.15, 0.2) is 30.3 Å². The SMILES string of the molecule is CCC(C)(C)c1ccc(Oc2cc(C)c(OC)cc2CO)c(C(C)(C)CC)c1. The summed E-state index contributed by atoms with van der Waals surface area (Å²) >= 11 is 0. The third-order valence-corrected chi connectivity index (χ3v) is 6.23. The molecule has 0 saturated carbocycles. The minimum Gasteiger partial charge on any atom is -0.496 e. The van der Waals surface area contributed by atoms with E-state index in [9.17, 15) is 5.11 Å². The molecule has 0 aliphatic carbocycles. The fourth-order valence-electron chi connectivity index (χ4n) is 3.22. The summed E-state index contributed by atoms with van der Waals surface area (Å²) in [5.41, 5.74) is 4.33. The zero-order chi connectivity index (χ0) is 21.1. The van der Waals surface area contributed by atoms with E-state index in [1.807, 2.05) is 19.1 Å². The van der Waals surface area contributed by atoms with Gasteiger partial charge >= 0.3 is 0 Å². The molecule has 0 spiro atoms. The molecule has 3 heteroatoms. The first kappa shape index (κ1) is 22.3. The first-order valence-corrected chi connectivity index (χ1v) is 10.2. The van der Waals surface area contributed by atoms with Crippen LogP contribution in [0.1, 0.15) is 76.6 Å². The van der Waals surface area contributed by atoms with Gasteiger partial charge in [0.15, 0.2) is 0 Å². The van der Waals surface area contributed by atoms with Crippen molar-refractivity contribution in [2.75, 3.05) is 7.11 Å². The molecule has 0 radical (unpaired) electrons. The first-order chi connectivity index (χ1) is 13.1. The molecule has 2 rings (SSSR count). The van der Waals surface area contributed by atoms with E-state index >= 15 is 0 Å². The lowest BCUT2D eigenvalue weighted by molar-refractivity contribution is 0.275. The van der Waals surface area contributed by atoms with Crippen molar-refractivity contribution in [1.82, 2.24) is 0 Å². The molecule has 2 aromatic rings. The van der Waals surface area contributed by atoms with E-state index in [1.165, 1.54) is 11.1 Å². The van der Waals surface area contributed by atoms with Gasteiger partial charge in [-0.05, 0) is 59.9 Å². The normalized spacial score (nSPS) is 12.2. The largest absolute Gasteiger partial charge is 0.496 e. The summed E-state index contributed by atoms with van der Waals surface area (Å²) in [5, 5.41) is 9.83. The Morgan fingerprint density at radius 1 is 0.857 bits per heavy atom. The van der Waals surface area contributed by atoms with E-state index < -0.39 is 0 Å². The molecule has 0 aliphatic heterocycles. The first-order valence-electron chi connectivity index (χ1n) is 10.2. The predicted octanol–water partition coefficient (Wildman–Crippen LogP) is 6.66. The number of hydrogen-bond donors (Lipinski definition) is 1. The lowest BCUT2D eigenvalue weighted by atomic mass is 9.76. The number of aliphatic hydroxyl groups excluding tert-OH is 1. The van der Waals surface area contributed by atoms with Crippen LogP contribution in [0, 0.1) is 6.92 Å². The maximum absolute atomic E-state index is 9.83. The number of benzene rings is 2. The van der Waals surface area contributed by atoms with E-state index in [0.29, 0.717) is 5.75 Å². The summed E-state index contributed by atoms with van der Waals surface area (Å²) in [6.07, 6.45) is 2.08. The molecule has 28 heavy (non-hydrogen) atoms. The summed E-state index contributed by atoms with van der Waals surface area (Å²) in [7, 11) is 1.64. The van der Waals surface area contributed by atoms with Crippen LogP contribution >= 0.6 is 0 Å². The summed E-state index contributed by atoms with van der Waals surface area (Å²) in [4.78, 5) is 0. The van der Waals surface area contributed by atoms with Gasteiger partial charge in [-0.2, -0.15) is 0 Å². The molecule has 0 bridgehead atoms. The molecule has 0 saturated heterocycles. The summed E-state index contributed by atoms with van der Waals surface area (Å²) in [5.74, 6) is 2.28. The van der Waals surface area contributed by atoms with Crippen LogP contribution in [0.5, 0.6) is 17.2 Å². The predicted molar refractivity (Wildman–Crippen MR) is 117 cm³/mol. The second kappa shape index (κ2) is 8.57. The number of rotatable bonds is 8. The number of methoxy groups -OCH3 is 1. The summed E-state index contributed by atoms with van der Waals surface area (Å²) in [6, 6.07) is 10.3. The van der Waals surface area contributed by atoms with Crippen molar-refractivity contribution in [2.24, 2.45) is 0 Å². The van der Waals surface area contributed by atoms with Crippen molar-refractivity contribution in [3.05, 3.63) is 52.6 Å². The van der Waals surface area contributed by atoms with Gasteiger partial charge in [0.05, 0.1) is 13.7 Å². The minimum absolute atomic E-state index is 0.0178. The Morgan fingerprint density at radius 2 is 1.50 bits per heavy atom. The van der Waals surface area contributed by atoms with E-state index in [-0.39, 0.29) is 17.4 Å². The van der Waals surface area contributed by atoms with Gasteiger partial charge < -0.3 is 14.6 Å².